The molecular formula is C17H26N2O4. The summed E-state index contributed by atoms with van der Waals surface area (Å²) in [5, 5.41) is 0. The number of morpholine rings is 2. The summed E-state index contributed by atoms with van der Waals surface area (Å²) < 4.78 is 16.8. The first kappa shape index (κ1) is 16.5. The molecule has 128 valence electrons. The average Bonchev–Trinajstić information content (AvgIpc) is 3.09. The molecule has 0 saturated carbocycles. The third-order valence-corrected chi connectivity index (χ3v) is 4.58. The number of hydrogen-bond acceptors (Lipinski definition) is 5. The van der Waals surface area contributed by atoms with E-state index in [0.29, 0.717) is 45.9 Å². The zero-order chi connectivity index (χ0) is 16.1. The van der Waals surface area contributed by atoms with Crippen molar-refractivity contribution in [1.82, 2.24) is 9.80 Å². The van der Waals surface area contributed by atoms with Crippen LogP contribution in [0.25, 0.3) is 0 Å². The van der Waals surface area contributed by atoms with E-state index in [0.717, 1.165) is 31.0 Å². The van der Waals surface area contributed by atoms with Crippen LogP contribution in [0.15, 0.2) is 16.5 Å². The highest BCUT2D eigenvalue weighted by Crippen LogP contribution is 2.26. The van der Waals surface area contributed by atoms with Gasteiger partial charge < -0.3 is 18.8 Å². The Kier molecular flexibility index (Phi) is 5.70. The van der Waals surface area contributed by atoms with E-state index < -0.39 is 0 Å². The van der Waals surface area contributed by atoms with Crippen LogP contribution in [0.5, 0.6) is 0 Å². The fourth-order valence-corrected chi connectivity index (χ4v) is 3.14. The molecule has 2 aliphatic heterocycles. The SMILES string of the molecule is CCc1ccc([C@@H]2COCCN2CCC(=O)N2CCOCC2)o1. The van der Waals surface area contributed by atoms with Crippen LogP contribution < -0.4 is 0 Å². The van der Waals surface area contributed by atoms with Gasteiger partial charge in [0, 0.05) is 39.0 Å². The summed E-state index contributed by atoms with van der Waals surface area (Å²) in [6, 6.07) is 4.18. The highest BCUT2D eigenvalue weighted by molar-refractivity contribution is 5.76. The Morgan fingerprint density at radius 2 is 1.96 bits per heavy atom. The van der Waals surface area contributed by atoms with Crippen molar-refractivity contribution in [2.75, 3.05) is 52.6 Å². The van der Waals surface area contributed by atoms with Gasteiger partial charge in [0.25, 0.3) is 0 Å². The number of amides is 1. The third-order valence-electron chi connectivity index (χ3n) is 4.58. The summed E-state index contributed by atoms with van der Waals surface area (Å²) >= 11 is 0. The van der Waals surface area contributed by atoms with Crippen molar-refractivity contribution in [2.24, 2.45) is 0 Å². The minimum atomic E-state index is 0.113. The minimum Gasteiger partial charge on any atom is -0.464 e. The van der Waals surface area contributed by atoms with Gasteiger partial charge in [0.05, 0.1) is 32.5 Å². The highest BCUT2D eigenvalue weighted by Gasteiger charge is 2.28. The molecule has 2 fully saturated rings. The summed E-state index contributed by atoms with van der Waals surface area (Å²) in [4.78, 5) is 16.5. The van der Waals surface area contributed by atoms with Crippen molar-refractivity contribution >= 4 is 5.91 Å². The van der Waals surface area contributed by atoms with Gasteiger partial charge in [0.1, 0.15) is 11.5 Å². The lowest BCUT2D eigenvalue weighted by atomic mass is 10.1. The van der Waals surface area contributed by atoms with E-state index in [1.165, 1.54) is 0 Å². The van der Waals surface area contributed by atoms with Crippen LogP contribution >= 0.6 is 0 Å². The van der Waals surface area contributed by atoms with E-state index in [1.54, 1.807) is 0 Å². The van der Waals surface area contributed by atoms with Gasteiger partial charge in [-0.25, -0.2) is 0 Å². The fraction of sp³-hybridized carbons (Fsp3) is 0.706. The Bertz CT molecular complexity index is 510. The molecule has 6 nitrogen and oxygen atoms in total. The molecule has 6 heteroatoms. The predicted octanol–water partition coefficient (Wildman–Crippen LogP) is 1.46. The van der Waals surface area contributed by atoms with Crippen LogP contribution in [0, 0.1) is 0 Å². The van der Waals surface area contributed by atoms with Crippen LogP contribution in [0.1, 0.15) is 30.9 Å². The molecule has 2 aliphatic rings. The molecule has 0 aromatic carbocycles. The number of carbonyl (C=O) groups is 1. The van der Waals surface area contributed by atoms with Crippen LogP contribution in [0.3, 0.4) is 0 Å². The summed E-state index contributed by atoms with van der Waals surface area (Å²) in [7, 11) is 0. The largest absolute Gasteiger partial charge is 0.464 e. The second-order valence-electron chi connectivity index (χ2n) is 6.03. The molecule has 0 aliphatic carbocycles. The maximum atomic E-state index is 12.3. The highest BCUT2D eigenvalue weighted by atomic mass is 16.5. The second-order valence-corrected chi connectivity index (χ2v) is 6.03. The van der Waals surface area contributed by atoms with Crippen LogP contribution in [-0.4, -0.2) is 68.3 Å². The molecule has 0 spiro atoms. The first-order chi connectivity index (χ1) is 11.3. The predicted molar refractivity (Wildman–Crippen MR) is 85.2 cm³/mol. The van der Waals surface area contributed by atoms with Crippen molar-refractivity contribution < 1.29 is 18.7 Å². The molecule has 3 rings (SSSR count). The van der Waals surface area contributed by atoms with Gasteiger partial charge in [-0.15, -0.1) is 0 Å². The maximum absolute atomic E-state index is 12.3. The van der Waals surface area contributed by atoms with Gasteiger partial charge >= 0.3 is 0 Å². The number of hydrogen-bond donors (Lipinski definition) is 0. The molecule has 1 aromatic heterocycles. The zero-order valence-corrected chi connectivity index (χ0v) is 13.8. The van der Waals surface area contributed by atoms with E-state index in [9.17, 15) is 4.79 Å². The van der Waals surface area contributed by atoms with E-state index in [2.05, 4.69) is 11.8 Å². The third kappa shape index (κ3) is 4.13. The van der Waals surface area contributed by atoms with E-state index in [1.807, 2.05) is 17.0 Å². The molecule has 1 atom stereocenters. The van der Waals surface area contributed by atoms with Crippen LogP contribution in [0.2, 0.25) is 0 Å². The van der Waals surface area contributed by atoms with Crippen molar-refractivity contribution in [3.05, 3.63) is 23.7 Å². The maximum Gasteiger partial charge on any atom is 0.224 e. The summed E-state index contributed by atoms with van der Waals surface area (Å²) in [6.07, 6.45) is 1.43. The summed E-state index contributed by atoms with van der Waals surface area (Å²) in [5.74, 6) is 2.16. The smallest absolute Gasteiger partial charge is 0.224 e. The number of rotatable bonds is 5. The van der Waals surface area contributed by atoms with Gasteiger partial charge in [-0.05, 0) is 12.1 Å². The molecule has 1 aromatic rings. The number of nitrogens with zero attached hydrogens (tertiary/aromatic N) is 2. The minimum absolute atomic E-state index is 0.113. The Labute approximate surface area is 137 Å². The lowest BCUT2D eigenvalue weighted by Crippen LogP contribution is -2.44. The van der Waals surface area contributed by atoms with E-state index in [-0.39, 0.29) is 11.9 Å². The monoisotopic (exact) mass is 322 g/mol. The van der Waals surface area contributed by atoms with Gasteiger partial charge in [0.2, 0.25) is 5.91 Å². The van der Waals surface area contributed by atoms with Crippen molar-refractivity contribution in [3.8, 4) is 0 Å². The molecule has 0 N–H and O–H groups in total. The first-order valence-electron chi connectivity index (χ1n) is 8.54. The fourth-order valence-electron chi connectivity index (χ4n) is 3.14. The van der Waals surface area contributed by atoms with Gasteiger partial charge in [-0.2, -0.15) is 0 Å². The first-order valence-corrected chi connectivity index (χ1v) is 8.54. The number of aryl methyl sites for hydroxylation is 1. The van der Waals surface area contributed by atoms with Crippen molar-refractivity contribution in [2.45, 2.75) is 25.8 Å². The molecule has 0 unspecified atom stereocenters. The molecular weight excluding hydrogens is 296 g/mol. The van der Waals surface area contributed by atoms with Crippen LogP contribution in [-0.2, 0) is 20.7 Å². The normalized spacial score (nSPS) is 23.2. The Hall–Kier alpha value is -1.37. The lowest BCUT2D eigenvalue weighted by molar-refractivity contribution is -0.136. The van der Waals surface area contributed by atoms with Gasteiger partial charge in [0.15, 0.2) is 0 Å². The molecule has 3 heterocycles. The quantitative estimate of drug-likeness (QED) is 0.821. The molecule has 0 bridgehead atoms. The second kappa shape index (κ2) is 7.95. The molecule has 1 amide bonds. The summed E-state index contributed by atoms with van der Waals surface area (Å²) in [6.45, 7) is 7.73. The lowest BCUT2D eigenvalue weighted by Gasteiger charge is -2.35. The Morgan fingerprint density at radius 3 is 2.70 bits per heavy atom. The topological polar surface area (TPSA) is 55.2 Å². The number of carbonyl (C=O) groups excluding carboxylic acids is 1. The average molecular weight is 322 g/mol. The van der Waals surface area contributed by atoms with Crippen molar-refractivity contribution in [1.29, 1.82) is 0 Å². The molecule has 2 saturated heterocycles. The Morgan fingerprint density at radius 1 is 1.17 bits per heavy atom. The Balaban J connectivity index is 1.56. The van der Waals surface area contributed by atoms with Crippen LogP contribution in [0.4, 0.5) is 0 Å². The number of furan rings is 1. The number of ether oxygens (including phenoxy) is 2. The van der Waals surface area contributed by atoms with Gasteiger partial charge in [-0.3, -0.25) is 9.69 Å². The molecule has 23 heavy (non-hydrogen) atoms. The van der Waals surface area contributed by atoms with E-state index >= 15 is 0 Å². The van der Waals surface area contributed by atoms with E-state index in [4.69, 9.17) is 13.9 Å². The van der Waals surface area contributed by atoms with Crippen molar-refractivity contribution in [3.63, 3.8) is 0 Å². The standard InChI is InChI=1S/C17H26N2O4/c1-2-14-3-4-16(23-14)15-13-22-12-7-18(15)6-5-17(20)19-8-10-21-11-9-19/h3-4,15H,2,5-13H2,1H3/t15-/m0/s1. The summed E-state index contributed by atoms with van der Waals surface area (Å²) in [5.41, 5.74) is 0. The van der Waals surface area contributed by atoms with Gasteiger partial charge in [-0.1, -0.05) is 6.92 Å². The molecule has 0 radical (unpaired) electrons. The zero-order valence-electron chi connectivity index (χ0n) is 13.8.